The lowest BCUT2D eigenvalue weighted by atomic mass is 10.00. The Balaban J connectivity index is 0.854. The highest BCUT2D eigenvalue weighted by molar-refractivity contribution is 6.29. The van der Waals surface area contributed by atoms with Crippen molar-refractivity contribution < 1.29 is 0 Å². The molecular weight excluding hydrogens is 781 g/mol. The summed E-state index contributed by atoms with van der Waals surface area (Å²) >= 11 is 0. The lowest BCUT2D eigenvalue weighted by Crippen LogP contribution is -1.95. The van der Waals surface area contributed by atoms with E-state index in [0.717, 1.165) is 55.7 Å². The molecule has 0 aliphatic carbocycles. The lowest BCUT2D eigenvalue weighted by molar-refractivity contribution is 1.17. The van der Waals surface area contributed by atoms with Crippen LogP contribution in [0.1, 0.15) is 0 Å². The first kappa shape index (κ1) is 36.0. The minimum absolute atomic E-state index is 0.898. The average Bonchev–Trinajstić information content (AvgIpc) is 3.89. The van der Waals surface area contributed by atoms with Gasteiger partial charge in [-0.3, -0.25) is 19.9 Å². The van der Waals surface area contributed by atoms with Crippen molar-refractivity contribution in [1.29, 1.82) is 0 Å². The molecule has 4 heterocycles. The van der Waals surface area contributed by atoms with Gasteiger partial charge in [0.2, 0.25) is 0 Å². The lowest BCUT2D eigenvalue weighted by Gasteiger charge is -2.11. The molecule has 0 aliphatic heterocycles. The van der Waals surface area contributed by atoms with Crippen molar-refractivity contribution >= 4 is 65.7 Å². The molecule has 0 amide bonds. The fraction of sp³-hybridized carbons (Fsp3) is 0. The summed E-state index contributed by atoms with van der Waals surface area (Å²) < 4.78 is 4.83. The van der Waals surface area contributed by atoms with Gasteiger partial charge in [0.25, 0.3) is 0 Å². The summed E-state index contributed by atoms with van der Waals surface area (Å²) in [7, 11) is 0. The van der Waals surface area contributed by atoms with E-state index in [1.807, 2.05) is 12.1 Å². The molecule has 13 rings (SSSR count). The van der Waals surface area contributed by atoms with E-state index >= 15 is 0 Å². The van der Waals surface area contributed by atoms with E-state index in [1.54, 1.807) is 24.8 Å². The molecular formula is C58H36N6. The topological polar surface area (TPSA) is 61.4 Å². The zero-order valence-electron chi connectivity index (χ0n) is 34.5. The van der Waals surface area contributed by atoms with Gasteiger partial charge < -0.3 is 9.13 Å². The molecule has 64 heavy (non-hydrogen) atoms. The molecule has 6 nitrogen and oxygen atoms in total. The molecule has 0 bridgehead atoms. The number of para-hydroxylation sites is 2. The maximum absolute atomic E-state index is 4.50. The van der Waals surface area contributed by atoms with E-state index in [1.165, 1.54) is 65.9 Å². The van der Waals surface area contributed by atoms with Gasteiger partial charge in [0, 0.05) is 57.7 Å². The molecule has 0 fully saturated rings. The van der Waals surface area contributed by atoms with E-state index in [0.29, 0.717) is 0 Å². The second-order valence-electron chi connectivity index (χ2n) is 16.3. The van der Waals surface area contributed by atoms with E-state index < -0.39 is 0 Å². The third kappa shape index (κ3) is 5.81. The Kier molecular flexibility index (Phi) is 8.11. The van der Waals surface area contributed by atoms with E-state index in [9.17, 15) is 0 Å². The van der Waals surface area contributed by atoms with Gasteiger partial charge in [0.15, 0.2) is 0 Å². The van der Waals surface area contributed by atoms with Gasteiger partial charge in [-0.05, 0) is 117 Å². The summed E-state index contributed by atoms with van der Waals surface area (Å²) in [6.07, 6.45) is 6.94. The average molecular weight is 817 g/mol. The summed E-state index contributed by atoms with van der Waals surface area (Å²) in [6, 6.07) is 70.2. The monoisotopic (exact) mass is 816 g/mol. The van der Waals surface area contributed by atoms with Crippen molar-refractivity contribution in [2.24, 2.45) is 0 Å². The minimum atomic E-state index is 0.898. The number of aromatic nitrogens is 6. The predicted octanol–water partition coefficient (Wildman–Crippen LogP) is 14.4. The first-order chi connectivity index (χ1) is 31.7. The van der Waals surface area contributed by atoms with Crippen LogP contribution in [0.2, 0.25) is 0 Å². The molecule has 0 spiro atoms. The van der Waals surface area contributed by atoms with Crippen LogP contribution in [0.4, 0.5) is 0 Å². The van der Waals surface area contributed by atoms with E-state index in [2.05, 4.69) is 211 Å². The molecule has 0 unspecified atom stereocenters. The largest absolute Gasteiger partial charge is 0.309 e. The molecule has 298 valence electrons. The van der Waals surface area contributed by atoms with Gasteiger partial charge in [-0.1, -0.05) is 121 Å². The van der Waals surface area contributed by atoms with Crippen molar-refractivity contribution in [3.63, 3.8) is 0 Å². The summed E-state index contributed by atoms with van der Waals surface area (Å²) in [5, 5.41) is 5.00. The molecule has 0 saturated carbocycles. The van der Waals surface area contributed by atoms with Gasteiger partial charge in [0.05, 0.1) is 44.1 Å². The van der Waals surface area contributed by atoms with Crippen molar-refractivity contribution in [2.75, 3.05) is 0 Å². The van der Waals surface area contributed by atoms with Crippen LogP contribution in [0, 0.1) is 0 Å². The summed E-state index contributed by atoms with van der Waals surface area (Å²) in [5.41, 5.74) is 19.8. The maximum Gasteiger partial charge on any atom is 0.0892 e. The molecule has 0 radical (unpaired) electrons. The van der Waals surface area contributed by atoms with Crippen LogP contribution in [0.5, 0.6) is 0 Å². The van der Waals surface area contributed by atoms with Gasteiger partial charge >= 0.3 is 0 Å². The Morgan fingerprint density at radius 1 is 0.250 bits per heavy atom. The fourth-order valence-electron chi connectivity index (χ4n) is 9.68. The molecule has 0 aliphatic rings. The number of nitrogens with zero attached hydrogens (tertiary/aromatic N) is 6. The van der Waals surface area contributed by atoms with Gasteiger partial charge in [-0.25, -0.2) is 0 Å². The number of hydrogen-bond donors (Lipinski definition) is 0. The minimum Gasteiger partial charge on any atom is -0.309 e. The predicted molar refractivity (Wildman–Crippen MR) is 263 cm³/mol. The Bertz CT molecular complexity index is 3660. The first-order valence-corrected chi connectivity index (χ1v) is 21.5. The maximum atomic E-state index is 4.50. The Hall–Kier alpha value is -8.74. The highest BCUT2D eigenvalue weighted by Crippen LogP contribution is 2.43. The highest BCUT2D eigenvalue weighted by atomic mass is 15.0. The number of rotatable bonds is 6. The highest BCUT2D eigenvalue weighted by Gasteiger charge is 2.20. The Morgan fingerprint density at radius 3 is 0.953 bits per heavy atom. The van der Waals surface area contributed by atoms with Gasteiger partial charge in [-0.15, -0.1) is 0 Å². The van der Waals surface area contributed by atoms with E-state index in [-0.39, 0.29) is 0 Å². The Labute approximate surface area is 368 Å². The molecule has 13 aromatic rings. The molecule has 9 aromatic carbocycles. The van der Waals surface area contributed by atoms with Crippen LogP contribution in [-0.4, -0.2) is 29.1 Å². The van der Waals surface area contributed by atoms with Crippen LogP contribution >= 0.6 is 0 Å². The van der Waals surface area contributed by atoms with Crippen LogP contribution in [0.3, 0.4) is 0 Å². The number of hydrogen-bond acceptors (Lipinski definition) is 4. The molecule has 0 atom stereocenters. The van der Waals surface area contributed by atoms with Crippen molar-refractivity contribution in [2.45, 2.75) is 0 Å². The third-order valence-electron chi connectivity index (χ3n) is 12.8. The number of benzene rings is 9. The van der Waals surface area contributed by atoms with Crippen molar-refractivity contribution in [1.82, 2.24) is 29.1 Å². The summed E-state index contributed by atoms with van der Waals surface area (Å²) in [4.78, 5) is 17.8. The smallest absolute Gasteiger partial charge is 0.0892 e. The second-order valence-corrected chi connectivity index (χ2v) is 16.3. The van der Waals surface area contributed by atoms with Crippen molar-refractivity contribution in [3.8, 4) is 55.9 Å². The number of fused-ring (bicyclic) bond motifs is 9. The quantitative estimate of drug-likeness (QED) is 0.168. The van der Waals surface area contributed by atoms with Crippen LogP contribution in [0.25, 0.3) is 122 Å². The molecule has 6 heteroatoms. The van der Waals surface area contributed by atoms with Crippen LogP contribution < -0.4 is 0 Å². The third-order valence-corrected chi connectivity index (χ3v) is 12.8. The van der Waals surface area contributed by atoms with Crippen LogP contribution in [-0.2, 0) is 0 Å². The second kappa shape index (κ2) is 14.4. The van der Waals surface area contributed by atoms with Gasteiger partial charge in [-0.2, -0.15) is 0 Å². The summed E-state index contributed by atoms with van der Waals surface area (Å²) in [6.45, 7) is 0. The fourth-order valence-corrected chi connectivity index (χ4v) is 9.68. The standard InChI is InChI=1S/C58H36N6/c1-3-7-53-47(5-1)57-55(63(53)45-23-17-39(18-24-45)37-9-13-41(14-10-37)43-21-27-49-51(35-43)61-33-31-59-49)29-30-56-58(57)48-6-2-4-8-54(48)64(56)46-25-19-40(20-26-46)38-11-15-42(16-12-38)44-22-28-50-52(36-44)62-34-32-60-50/h1-36H. The SMILES string of the molecule is c1ccc2c(c1)c1c3c4ccccc4n(-c4ccc(-c5ccc(-c6ccc7nccnc7c6)cc5)cc4)c3ccc1n2-c1ccc(-c2ccc(-c3ccc4nccnc4c3)cc2)cc1. The molecule has 4 aromatic heterocycles. The molecule has 0 N–H and O–H groups in total. The van der Waals surface area contributed by atoms with Crippen LogP contribution in [0.15, 0.2) is 219 Å². The Morgan fingerprint density at radius 2 is 0.562 bits per heavy atom. The van der Waals surface area contributed by atoms with Crippen molar-refractivity contribution in [3.05, 3.63) is 219 Å². The first-order valence-electron chi connectivity index (χ1n) is 21.5. The zero-order valence-corrected chi connectivity index (χ0v) is 34.5. The van der Waals surface area contributed by atoms with Gasteiger partial charge in [0.1, 0.15) is 0 Å². The molecule has 0 saturated heterocycles. The summed E-state index contributed by atoms with van der Waals surface area (Å²) in [5.74, 6) is 0. The van der Waals surface area contributed by atoms with E-state index in [4.69, 9.17) is 0 Å². The normalized spacial score (nSPS) is 11.8. The zero-order chi connectivity index (χ0) is 42.1.